The summed E-state index contributed by atoms with van der Waals surface area (Å²) in [6, 6.07) is 9.31. The number of methoxy groups -OCH3 is 1. The van der Waals surface area contributed by atoms with Gasteiger partial charge < -0.3 is 14.5 Å². The predicted molar refractivity (Wildman–Crippen MR) is 121 cm³/mol. The summed E-state index contributed by atoms with van der Waals surface area (Å²) >= 11 is 1.69. The average Bonchev–Trinajstić information content (AvgIpc) is 3.14. The number of nitrogens with one attached hydrogen (secondary N) is 1. The highest BCUT2D eigenvalue weighted by molar-refractivity contribution is 7.98. The van der Waals surface area contributed by atoms with Crippen molar-refractivity contribution in [1.82, 2.24) is 5.32 Å². The molecule has 6 heteroatoms. The Morgan fingerprint density at radius 2 is 1.87 bits per heavy atom. The molecule has 1 aromatic carbocycles. The fourth-order valence-corrected chi connectivity index (χ4v) is 3.96. The highest BCUT2D eigenvalue weighted by Gasteiger charge is 2.24. The third kappa shape index (κ3) is 6.66. The molecule has 1 heterocycles. The van der Waals surface area contributed by atoms with E-state index in [1.54, 1.807) is 23.9 Å². The number of esters is 1. The Hall–Kier alpha value is -2.21. The molecule has 1 atom stereocenters. The predicted octanol–water partition coefficient (Wildman–Crippen LogP) is 5.50. The number of benzene rings is 1. The molecule has 2 aromatic rings. The van der Waals surface area contributed by atoms with E-state index in [1.165, 1.54) is 23.1 Å². The largest absolute Gasteiger partial charge is 0.467 e. The monoisotopic (exact) mass is 431 g/mol. The second kappa shape index (κ2) is 10.2. The zero-order valence-electron chi connectivity index (χ0n) is 19.0. The number of furan rings is 1. The van der Waals surface area contributed by atoms with Crippen LogP contribution in [-0.4, -0.2) is 25.0 Å². The zero-order chi connectivity index (χ0) is 22.5. The lowest BCUT2D eigenvalue weighted by Gasteiger charge is -2.20. The lowest BCUT2D eigenvalue weighted by atomic mass is 9.87. The third-order valence-electron chi connectivity index (χ3n) is 4.81. The molecule has 1 N–H and O–H groups in total. The first-order valence-electron chi connectivity index (χ1n) is 10.2. The summed E-state index contributed by atoms with van der Waals surface area (Å²) in [6.45, 7) is 12.7. The van der Waals surface area contributed by atoms with E-state index in [9.17, 15) is 9.59 Å². The van der Waals surface area contributed by atoms with Crippen LogP contribution in [0.5, 0.6) is 0 Å². The number of thioether (sulfide) groups is 1. The van der Waals surface area contributed by atoms with Gasteiger partial charge in [-0.1, -0.05) is 46.8 Å². The number of hydrogen-bond acceptors (Lipinski definition) is 5. The Morgan fingerprint density at radius 3 is 2.47 bits per heavy atom. The van der Waals surface area contributed by atoms with Crippen molar-refractivity contribution in [2.45, 2.75) is 70.1 Å². The van der Waals surface area contributed by atoms with Crippen LogP contribution in [0.4, 0.5) is 0 Å². The topological polar surface area (TPSA) is 68.5 Å². The van der Waals surface area contributed by atoms with Gasteiger partial charge in [-0.2, -0.15) is 0 Å². The number of carbonyl (C=O) groups is 2. The van der Waals surface area contributed by atoms with Crippen LogP contribution < -0.4 is 5.32 Å². The van der Waals surface area contributed by atoms with Gasteiger partial charge in [0.25, 0.3) is 5.91 Å². The van der Waals surface area contributed by atoms with Gasteiger partial charge in [-0.15, -0.1) is 11.8 Å². The van der Waals surface area contributed by atoms with Crippen molar-refractivity contribution in [2.75, 3.05) is 7.11 Å². The second-order valence-electron chi connectivity index (χ2n) is 8.96. The molecule has 164 valence electrons. The molecule has 0 spiro atoms. The maximum Gasteiger partial charge on any atom is 0.328 e. The molecular weight excluding hydrogens is 398 g/mol. The first-order valence-corrected chi connectivity index (χ1v) is 11.2. The first kappa shape index (κ1) is 24.1. The summed E-state index contributed by atoms with van der Waals surface area (Å²) in [5, 5.41) is 2.72. The molecule has 0 bridgehead atoms. The fourth-order valence-electron chi connectivity index (χ4n) is 3.01. The minimum absolute atomic E-state index is 0.0884. The minimum atomic E-state index is -0.687. The number of aryl methyl sites for hydroxylation is 1. The van der Waals surface area contributed by atoms with Crippen LogP contribution >= 0.6 is 11.8 Å². The maximum atomic E-state index is 12.5. The van der Waals surface area contributed by atoms with Crippen LogP contribution in [0.3, 0.4) is 0 Å². The molecule has 0 aliphatic rings. The Morgan fingerprint density at radius 1 is 1.17 bits per heavy atom. The normalized spacial score (nSPS) is 12.7. The van der Waals surface area contributed by atoms with Crippen molar-refractivity contribution in [3.05, 3.63) is 53.0 Å². The fraction of sp³-hybridized carbons (Fsp3) is 0.500. The standard InChI is InChI=1S/C24H33NO4S/c1-15(2)12-19(23(27)28-7)25-22(26)20-11-10-18(29-20)14-30-21-13-17(24(4,5)6)9-8-16(21)3/h8-11,13,15,19H,12,14H2,1-7H3,(H,25,26)/t19-/m1/s1. The second-order valence-corrected chi connectivity index (χ2v) is 9.98. The molecule has 0 unspecified atom stereocenters. The van der Waals surface area contributed by atoms with Gasteiger partial charge >= 0.3 is 5.97 Å². The van der Waals surface area contributed by atoms with E-state index in [2.05, 4.69) is 51.2 Å². The molecule has 0 radical (unpaired) electrons. The highest BCUT2D eigenvalue weighted by Crippen LogP contribution is 2.31. The van der Waals surface area contributed by atoms with Gasteiger partial charge in [-0.3, -0.25) is 4.79 Å². The molecule has 30 heavy (non-hydrogen) atoms. The quantitative estimate of drug-likeness (QED) is 0.442. The molecule has 0 aliphatic heterocycles. The van der Waals surface area contributed by atoms with E-state index >= 15 is 0 Å². The molecule has 5 nitrogen and oxygen atoms in total. The van der Waals surface area contributed by atoms with Crippen LogP contribution in [0.15, 0.2) is 39.6 Å². The van der Waals surface area contributed by atoms with Crippen molar-refractivity contribution in [3.63, 3.8) is 0 Å². The summed E-state index contributed by atoms with van der Waals surface area (Å²) in [6.07, 6.45) is 0.505. The highest BCUT2D eigenvalue weighted by atomic mass is 32.2. The number of rotatable bonds is 8. The zero-order valence-corrected chi connectivity index (χ0v) is 19.8. The lowest BCUT2D eigenvalue weighted by Crippen LogP contribution is -2.42. The molecule has 2 rings (SSSR count). The lowest BCUT2D eigenvalue weighted by molar-refractivity contribution is -0.143. The molecule has 0 saturated heterocycles. The maximum absolute atomic E-state index is 12.5. The van der Waals surface area contributed by atoms with Crippen LogP contribution in [0, 0.1) is 12.8 Å². The minimum Gasteiger partial charge on any atom is -0.467 e. The van der Waals surface area contributed by atoms with Gasteiger partial charge in [0.15, 0.2) is 5.76 Å². The molecule has 0 saturated carbocycles. The Kier molecular flexibility index (Phi) is 8.18. The van der Waals surface area contributed by atoms with E-state index in [4.69, 9.17) is 9.15 Å². The summed E-state index contributed by atoms with van der Waals surface area (Å²) < 4.78 is 10.5. The van der Waals surface area contributed by atoms with Crippen molar-refractivity contribution >= 4 is 23.6 Å². The molecule has 1 aromatic heterocycles. The van der Waals surface area contributed by atoms with Crippen molar-refractivity contribution in [3.8, 4) is 0 Å². The van der Waals surface area contributed by atoms with Gasteiger partial charge in [0.05, 0.1) is 12.9 Å². The van der Waals surface area contributed by atoms with Gasteiger partial charge in [0.2, 0.25) is 0 Å². The Bertz CT molecular complexity index is 880. The number of hydrogen-bond donors (Lipinski definition) is 1. The van der Waals surface area contributed by atoms with Crippen molar-refractivity contribution in [1.29, 1.82) is 0 Å². The Labute approximate surface area is 184 Å². The van der Waals surface area contributed by atoms with E-state index in [-0.39, 0.29) is 17.1 Å². The summed E-state index contributed by atoms with van der Waals surface area (Å²) in [5.74, 6) is 0.910. The van der Waals surface area contributed by atoms with E-state index in [1.807, 2.05) is 13.8 Å². The summed E-state index contributed by atoms with van der Waals surface area (Å²) in [5.41, 5.74) is 2.59. The van der Waals surface area contributed by atoms with Gasteiger partial charge in [0, 0.05) is 4.90 Å². The van der Waals surface area contributed by atoms with Gasteiger partial charge in [0.1, 0.15) is 11.8 Å². The molecule has 0 aliphatic carbocycles. The third-order valence-corrected chi connectivity index (χ3v) is 5.99. The number of amides is 1. The van der Waals surface area contributed by atoms with Crippen LogP contribution in [0.1, 0.15) is 68.5 Å². The van der Waals surface area contributed by atoms with Gasteiger partial charge in [-0.05, 0) is 54.0 Å². The summed E-state index contributed by atoms with van der Waals surface area (Å²) in [4.78, 5) is 25.7. The van der Waals surface area contributed by atoms with Crippen LogP contribution in [-0.2, 0) is 20.7 Å². The van der Waals surface area contributed by atoms with Crippen molar-refractivity contribution in [2.24, 2.45) is 5.92 Å². The molecular formula is C24H33NO4S. The van der Waals surface area contributed by atoms with E-state index in [0.29, 0.717) is 17.9 Å². The summed E-state index contributed by atoms with van der Waals surface area (Å²) in [7, 11) is 1.32. The number of carbonyl (C=O) groups excluding carboxylic acids is 2. The first-order chi connectivity index (χ1) is 14.0. The molecule has 0 fully saturated rings. The smallest absolute Gasteiger partial charge is 0.328 e. The van der Waals surface area contributed by atoms with E-state index in [0.717, 1.165) is 0 Å². The van der Waals surface area contributed by atoms with Crippen LogP contribution in [0.2, 0.25) is 0 Å². The van der Waals surface area contributed by atoms with Gasteiger partial charge in [-0.25, -0.2) is 4.79 Å². The average molecular weight is 432 g/mol. The number of ether oxygens (including phenoxy) is 1. The molecule has 1 amide bonds. The van der Waals surface area contributed by atoms with E-state index < -0.39 is 17.9 Å². The SMILES string of the molecule is COC(=O)[C@@H](CC(C)C)NC(=O)c1ccc(CSc2cc(C(C)(C)C)ccc2C)o1. The van der Waals surface area contributed by atoms with Crippen molar-refractivity contribution < 1.29 is 18.7 Å². The Balaban J connectivity index is 2.04. The van der Waals surface area contributed by atoms with Crippen LogP contribution in [0.25, 0.3) is 0 Å².